The van der Waals surface area contributed by atoms with Crippen LogP contribution in [-0.2, 0) is 12.8 Å². The summed E-state index contributed by atoms with van der Waals surface area (Å²) in [4.78, 5) is 6.63. The smallest absolute Gasteiger partial charge is 0.128 e. The van der Waals surface area contributed by atoms with E-state index in [0.717, 1.165) is 12.2 Å². The maximum absolute atomic E-state index is 4.58. The molecule has 2 heteroatoms. The quantitative estimate of drug-likeness (QED) is 0.624. The van der Waals surface area contributed by atoms with Gasteiger partial charge in [0.15, 0.2) is 0 Å². The molecule has 1 aromatic rings. The SMILES string of the molecule is CN(C)c1ccc2c(n1)CCC2. The van der Waals surface area contributed by atoms with Gasteiger partial charge in [-0.15, -0.1) is 0 Å². The largest absolute Gasteiger partial charge is 0.363 e. The van der Waals surface area contributed by atoms with Gasteiger partial charge < -0.3 is 4.90 Å². The molecule has 1 aliphatic carbocycles. The van der Waals surface area contributed by atoms with Gasteiger partial charge in [0.05, 0.1) is 0 Å². The van der Waals surface area contributed by atoms with E-state index < -0.39 is 0 Å². The summed E-state index contributed by atoms with van der Waals surface area (Å²) in [5, 5.41) is 0. The van der Waals surface area contributed by atoms with Gasteiger partial charge in [-0.05, 0) is 30.9 Å². The maximum atomic E-state index is 4.58. The van der Waals surface area contributed by atoms with E-state index >= 15 is 0 Å². The molecule has 2 rings (SSSR count). The third-order valence-corrected chi connectivity index (χ3v) is 2.37. The fourth-order valence-electron chi connectivity index (χ4n) is 1.66. The van der Waals surface area contributed by atoms with Gasteiger partial charge in [-0.25, -0.2) is 4.98 Å². The lowest BCUT2D eigenvalue weighted by Gasteiger charge is -2.11. The molecule has 0 saturated carbocycles. The molecule has 0 radical (unpaired) electrons. The van der Waals surface area contributed by atoms with Crippen molar-refractivity contribution < 1.29 is 0 Å². The van der Waals surface area contributed by atoms with E-state index in [1.165, 1.54) is 24.1 Å². The predicted octanol–water partition coefficient (Wildman–Crippen LogP) is 1.64. The van der Waals surface area contributed by atoms with E-state index in [4.69, 9.17) is 0 Å². The highest BCUT2D eigenvalue weighted by Gasteiger charge is 2.12. The molecule has 0 spiro atoms. The summed E-state index contributed by atoms with van der Waals surface area (Å²) in [6.45, 7) is 0. The first-order valence-electron chi connectivity index (χ1n) is 4.43. The number of hydrogen-bond donors (Lipinski definition) is 0. The van der Waals surface area contributed by atoms with Crippen LogP contribution < -0.4 is 4.90 Å². The van der Waals surface area contributed by atoms with Gasteiger partial charge in [0, 0.05) is 19.8 Å². The molecule has 0 fully saturated rings. The molecule has 0 aliphatic heterocycles. The Labute approximate surface area is 73.2 Å². The zero-order valence-electron chi connectivity index (χ0n) is 7.67. The zero-order valence-corrected chi connectivity index (χ0v) is 7.67. The molecule has 0 N–H and O–H groups in total. The molecular formula is C10H14N2. The molecule has 1 aromatic heterocycles. The highest BCUT2D eigenvalue weighted by atomic mass is 15.1. The molecule has 1 aliphatic rings. The van der Waals surface area contributed by atoms with Crippen LogP contribution in [-0.4, -0.2) is 19.1 Å². The summed E-state index contributed by atoms with van der Waals surface area (Å²) in [5.74, 6) is 1.08. The summed E-state index contributed by atoms with van der Waals surface area (Å²) < 4.78 is 0. The Kier molecular flexibility index (Phi) is 1.75. The summed E-state index contributed by atoms with van der Waals surface area (Å²) in [6.07, 6.45) is 3.66. The minimum Gasteiger partial charge on any atom is -0.363 e. The fourth-order valence-corrected chi connectivity index (χ4v) is 1.66. The molecule has 0 unspecified atom stereocenters. The van der Waals surface area contributed by atoms with E-state index in [-0.39, 0.29) is 0 Å². The average molecular weight is 162 g/mol. The third kappa shape index (κ3) is 1.17. The van der Waals surface area contributed by atoms with E-state index in [0.29, 0.717) is 0 Å². The molecule has 0 bridgehead atoms. The number of anilines is 1. The first-order valence-corrected chi connectivity index (χ1v) is 4.43. The van der Waals surface area contributed by atoms with Crippen molar-refractivity contribution in [1.82, 2.24) is 4.98 Å². The lowest BCUT2D eigenvalue weighted by Crippen LogP contribution is -2.11. The van der Waals surface area contributed by atoms with Gasteiger partial charge in [-0.1, -0.05) is 6.07 Å². The van der Waals surface area contributed by atoms with Crippen molar-refractivity contribution in [3.05, 3.63) is 23.4 Å². The Morgan fingerprint density at radius 1 is 1.25 bits per heavy atom. The Balaban J connectivity index is 2.39. The lowest BCUT2D eigenvalue weighted by molar-refractivity contribution is 0.897. The van der Waals surface area contributed by atoms with E-state index in [9.17, 15) is 0 Å². The van der Waals surface area contributed by atoms with Gasteiger partial charge >= 0.3 is 0 Å². The maximum Gasteiger partial charge on any atom is 0.128 e. The van der Waals surface area contributed by atoms with Gasteiger partial charge in [0.2, 0.25) is 0 Å². The number of pyridine rings is 1. The summed E-state index contributed by atoms with van der Waals surface area (Å²) in [7, 11) is 4.06. The molecule has 0 aromatic carbocycles. The van der Waals surface area contributed by atoms with Crippen molar-refractivity contribution in [1.29, 1.82) is 0 Å². The van der Waals surface area contributed by atoms with Crippen LogP contribution in [0, 0.1) is 0 Å². The minimum absolute atomic E-state index is 1.08. The number of hydrogen-bond acceptors (Lipinski definition) is 2. The van der Waals surface area contributed by atoms with Crippen LogP contribution in [0.15, 0.2) is 12.1 Å². The molecule has 0 amide bonds. The summed E-state index contributed by atoms with van der Waals surface area (Å²) >= 11 is 0. The van der Waals surface area contributed by atoms with Crippen molar-refractivity contribution >= 4 is 5.82 Å². The second kappa shape index (κ2) is 2.77. The van der Waals surface area contributed by atoms with Crippen molar-refractivity contribution in [3.8, 4) is 0 Å². The third-order valence-electron chi connectivity index (χ3n) is 2.37. The van der Waals surface area contributed by atoms with Crippen LogP contribution in [0.1, 0.15) is 17.7 Å². The van der Waals surface area contributed by atoms with Gasteiger partial charge in [-0.3, -0.25) is 0 Å². The first-order chi connectivity index (χ1) is 5.77. The van der Waals surface area contributed by atoms with Crippen LogP contribution in [0.25, 0.3) is 0 Å². The van der Waals surface area contributed by atoms with Crippen LogP contribution >= 0.6 is 0 Å². The molecule has 12 heavy (non-hydrogen) atoms. The van der Waals surface area contributed by atoms with Crippen LogP contribution in [0.2, 0.25) is 0 Å². The minimum atomic E-state index is 1.08. The fraction of sp³-hybridized carbons (Fsp3) is 0.500. The summed E-state index contributed by atoms with van der Waals surface area (Å²) in [6, 6.07) is 4.31. The number of aryl methyl sites for hydroxylation is 2. The van der Waals surface area contributed by atoms with Crippen molar-refractivity contribution in [2.45, 2.75) is 19.3 Å². The van der Waals surface area contributed by atoms with Crippen LogP contribution in [0.4, 0.5) is 5.82 Å². The van der Waals surface area contributed by atoms with E-state index in [1.807, 2.05) is 14.1 Å². The van der Waals surface area contributed by atoms with Gasteiger partial charge in [0.1, 0.15) is 5.82 Å². The number of fused-ring (bicyclic) bond motifs is 1. The summed E-state index contributed by atoms with van der Waals surface area (Å²) in [5.41, 5.74) is 2.75. The second-order valence-electron chi connectivity index (χ2n) is 3.52. The Hall–Kier alpha value is -1.05. The van der Waals surface area contributed by atoms with Crippen LogP contribution in [0.3, 0.4) is 0 Å². The van der Waals surface area contributed by atoms with Gasteiger partial charge in [0.25, 0.3) is 0 Å². The molecule has 64 valence electrons. The molecular weight excluding hydrogens is 148 g/mol. The van der Waals surface area contributed by atoms with Crippen LogP contribution in [0.5, 0.6) is 0 Å². The lowest BCUT2D eigenvalue weighted by atomic mass is 10.2. The number of nitrogens with zero attached hydrogens (tertiary/aromatic N) is 2. The predicted molar refractivity (Wildman–Crippen MR) is 50.6 cm³/mol. The highest BCUT2D eigenvalue weighted by molar-refractivity contribution is 5.41. The Morgan fingerprint density at radius 3 is 2.83 bits per heavy atom. The standard InChI is InChI=1S/C10H14N2/c1-12(2)10-7-6-8-4-3-5-9(8)11-10/h6-7H,3-5H2,1-2H3. The molecule has 0 atom stereocenters. The second-order valence-corrected chi connectivity index (χ2v) is 3.52. The molecule has 2 nitrogen and oxygen atoms in total. The molecule has 1 heterocycles. The number of aromatic nitrogens is 1. The normalized spacial score (nSPS) is 14.5. The van der Waals surface area contributed by atoms with Crippen molar-refractivity contribution in [2.75, 3.05) is 19.0 Å². The molecule has 0 saturated heterocycles. The average Bonchev–Trinajstić information content (AvgIpc) is 2.49. The van der Waals surface area contributed by atoms with Crippen molar-refractivity contribution in [2.24, 2.45) is 0 Å². The van der Waals surface area contributed by atoms with E-state index in [2.05, 4.69) is 22.0 Å². The van der Waals surface area contributed by atoms with Gasteiger partial charge in [-0.2, -0.15) is 0 Å². The monoisotopic (exact) mass is 162 g/mol. The number of rotatable bonds is 1. The zero-order chi connectivity index (χ0) is 8.55. The highest BCUT2D eigenvalue weighted by Crippen LogP contribution is 2.22. The van der Waals surface area contributed by atoms with E-state index in [1.54, 1.807) is 0 Å². The van der Waals surface area contributed by atoms with Crippen molar-refractivity contribution in [3.63, 3.8) is 0 Å². The Bertz CT molecular complexity index is 292. The first kappa shape index (κ1) is 7.59. The Morgan fingerprint density at radius 2 is 2.08 bits per heavy atom. The topological polar surface area (TPSA) is 16.1 Å².